The fourth-order valence-electron chi connectivity index (χ4n) is 6.21. The third kappa shape index (κ3) is 47.0. The van der Waals surface area contributed by atoms with Crippen molar-refractivity contribution in [2.45, 2.75) is 207 Å². The number of rotatable bonds is 42. The molecule has 344 valence electrons. The van der Waals surface area contributed by atoms with E-state index in [-0.39, 0.29) is 31.1 Å². The molecule has 0 aliphatic rings. The quantitative estimate of drug-likeness (QED) is 0.0200. The number of hydrogen-bond acceptors (Lipinski definition) is 6. The Bertz CT molecular complexity index is 1290. The molecule has 1 unspecified atom stereocenters. The van der Waals surface area contributed by atoms with Crippen molar-refractivity contribution >= 4 is 17.9 Å². The molecule has 0 radical (unpaired) electrons. The standard InChI is InChI=1S/C55H88O6/c1-4-7-10-13-16-19-22-24-26-27-28-30-31-33-36-39-42-45-48-54(57)60-51-52(50-59-53(56)47-44-41-38-35-21-18-15-12-9-6-3)61-55(58)49-46-43-40-37-34-32-29-25-23-20-17-14-11-8-5-2/h8,11,14-20,22-30,52H,4-7,9-10,12-13,21,31-51H2,1-3H3/b11-8-,17-14-,18-15-,19-16-,23-20-,24-22-,27-26-,29-25-,30-28-. The summed E-state index contributed by atoms with van der Waals surface area (Å²) >= 11 is 0. The second-order valence-corrected chi connectivity index (χ2v) is 15.8. The highest BCUT2D eigenvalue weighted by Gasteiger charge is 2.19. The fourth-order valence-corrected chi connectivity index (χ4v) is 6.21. The van der Waals surface area contributed by atoms with Crippen LogP contribution in [0, 0.1) is 0 Å². The average molecular weight is 845 g/mol. The predicted molar refractivity (Wildman–Crippen MR) is 260 cm³/mol. The number of carbonyl (C=O) groups is 3. The lowest BCUT2D eigenvalue weighted by atomic mass is 10.1. The van der Waals surface area contributed by atoms with E-state index < -0.39 is 6.10 Å². The fraction of sp³-hybridized carbons (Fsp3) is 0.618. The van der Waals surface area contributed by atoms with E-state index in [1.165, 1.54) is 32.1 Å². The zero-order chi connectivity index (χ0) is 44.4. The number of ether oxygens (including phenoxy) is 3. The van der Waals surface area contributed by atoms with Gasteiger partial charge in [0.05, 0.1) is 0 Å². The van der Waals surface area contributed by atoms with Crippen molar-refractivity contribution in [2.75, 3.05) is 13.2 Å². The summed E-state index contributed by atoms with van der Waals surface area (Å²) < 4.78 is 16.7. The molecule has 0 bridgehead atoms. The van der Waals surface area contributed by atoms with Gasteiger partial charge in [0.15, 0.2) is 6.10 Å². The summed E-state index contributed by atoms with van der Waals surface area (Å²) in [6.45, 7) is 6.34. The molecule has 6 nitrogen and oxygen atoms in total. The lowest BCUT2D eigenvalue weighted by Crippen LogP contribution is -2.30. The molecule has 0 saturated carbocycles. The molecule has 0 aliphatic heterocycles. The molecule has 0 aromatic rings. The van der Waals surface area contributed by atoms with Crippen LogP contribution in [0.5, 0.6) is 0 Å². The van der Waals surface area contributed by atoms with Crippen LogP contribution in [0.3, 0.4) is 0 Å². The third-order valence-electron chi connectivity index (χ3n) is 9.92. The second kappa shape index (κ2) is 48.7. The van der Waals surface area contributed by atoms with E-state index in [0.29, 0.717) is 19.3 Å². The molecule has 0 fully saturated rings. The van der Waals surface area contributed by atoms with Crippen molar-refractivity contribution in [3.05, 3.63) is 109 Å². The van der Waals surface area contributed by atoms with Gasteiger partial charge in [-0.2, -0.15) is 0 Å². The lowest BCUT2D eigenvalue weighted by molar-refractivity contribution is -0.167. The molecule has 0 rings (SSSR count). The van der Waals surface area contributed by atoms with Gasteiger partial charge >= 0.3 is 17.9 Å². The number of unbranched alkanes of at least 4 members (excludes halogenated alkanes) is 19. The van der Waals surface area contributed by atoms with Crippen LogP contribution in [-0.4, -0.2) is 37.2 Å². The highest BCUT2D eigenvalue weighted by Crippen LogP contribution is 2.13. The molecule has 0 N–H and O–H groups in total. The molecule has 0 aromatic carbocycles. The highest BCUT2D eigenvalue weighted by molar-refractivity contribution is 5.71. The average Bonchev–Trinajstić information content (AvgIpc) is 3.26. The van der Waals surface area contributed by atoms with Gasteiger partial charge in [0.1, 0.15) is 13.2 Å². The molecule has 0 spiro atoms. The maximum atomic E-state index is 12.8. The van der Waals surface area contributed by atoms with Gasteiger partial charge in [-0.05, 0) is 83.5 Å². The Hall–Kier alpha value is -3.93. The Labute approximate surface area is 374 Å². The van der Waals surface area contributed by atoms with Crippen LogP contribution in [0.25, 0.3) is 0 Å². The second-order valence-electron chi connectivity index (χ2n) is 15.8. The van der Waals surface area contributed by atoms with Gasteiger partial charge in [0, 0.05) is 19.3 Å². The van der Waals surface area contributed by atoms with Crippen LogP contribution in [0.1, 0.15) is 201 Å². The maximum absolute atomic E-state index is 12.8. The Morgan fingerprint density at radius 3 is 1.10 bits per heavy atom. The monoisotopic (exact) mass is 845 g/mol. The first-order valence-electron chi connectivity index (χ1n) is 24.5. The molecule has 0 saturated heterocycles. The van der Waals surface area contributed by atoms with Crippen LogP contribution in [0.15, 0.2) is 109 Å². The highest BCUT2D eigenvalue weighted by atomic mass is 16.6. The topological polar surface area (TPSA) is 78.9 Å². The van der Waals surface area contributed by atoms with Gasteiger partial charge < -0.3 is 14.2 Å². The molecule has 61 heavy (non-hydrogen) atoms. The van der Waals surface area contributed by atoms with Crippen molar-refractivity contribution in [1.82, 2.24) is 0 Å². The molecule has 1 atom stereocenters. The molecule has 6 heteroatoms. The first kappa shape index (κ1) is 57.1. The van der Waals surface area contributed by atoms with Crippen molar-refractivity contribution in [1.29, 1.82) is 0 Å². The lowest BCUT2D eigenvalue weighted by Gasteiger charge is -2.18. The van der Waals surface area contributed by atoms with Gasteiger partial charge in [0.25, 0.3) is 0 Å². The van der Waals surface area contributed by atoms with E-state index in [4.69, 9.17) is 14.2 Å². The molecule has 0 heterocycles. The number of allylic oxidation sites excluding steroid dienone is 18. The number of carbonyl (C=O) groups excluding carboxylic acids is 3. The summed E-state index contributed by atoms with van der Waals surface area (Å²) in [5.74, 6) is -0.973. The Morgan fingerprint density at radius 2 is 0.672 bits per heavy atom. The summed E-state index contributed by atoms with van der Waals surface area (Å²) in [6.07, 6.45) is 64.9. The summed E-state index contributed by atoms with van der Waals surface area (Å²) in [6, 6.07) is 0. The van der Waals surface area contributed by atoms with Crippen molar-refractivity contribution in [3.8, 4) is 0 Å². The normalized spacial score (nSPS) is 13.0. The predicted octanol–water partition coefficient (Wildman–Crippen LogP) is 16.0. The SMILES string of the molecule is CC\C=C/C=C\C=C/C=C\CCCCCCCC(=O)OC(COC(=O)CCCCCC/C=C\CCCC)COC(=O)CCCCCCC\C=C/C=C\C=C/C=C\CCCCC. The summed E-state index contributed by atoms with van der Waals surface area (Å²) in [5, 5.41) is 0. The largest absolute Gasteiger partial charge is 0.462 e. The van der Waals surface area contributed by atoms with Crippen LogP contribution in [0.2, 0.25) is 0 Å². The van der Waals surface area contributed by atoms with E-state index in [9.17, 15) is 14.4 Å². The first-order chi connectivity index (χ1) is 30.0. The smallest absolute Gasteiger partial charge is 0.306 e. The zero-order valence-corrected chi connectivity index (χ0v) is 39.1. The van der Waals surface area contributed by atoms with Crippen molar-refractivity contribution in [2.24, 2.45) is 0 Å². The van der Waals surface area contributed by atoms with Crippen LogP contribution < -0.4 is 0 Å². The van der Waals surface area contributed by atoms with Crippen LogP contribution in [0.4, 0.5) is 0 Å². The van der Waals surface area contributed by atoms with Crippen LogP contribution in [-0.2, 0) is 28.6 Å². The zero-order valence-electron chi connectivity index (χ0n) is 39.1. The van der Waals surface area contributed by atoms with Crippen LogP contribution >= 0.6 is 0 Å². The summed E-state index contributed by atoms with van der Waals surface area (Å²) in [7, 11) is 0. The molecular formula is C55H88O6. The van der Waals surface area contributed by atoms with E-state index in [0.717, 1.165) is 128 Å². The minimum Gasteiger partial charge on any atom is -0.462 e. The number of hydrogen-bond donors (Lipinski definition) is 0. The van der Waals surface area contributed by atoms with E-state index in [1.54, 1.807) is 0 Å². The van der Waals surface area contributed by atoms with Crippen molar-refractivity contribution in [3.63, 3.8) is 0 Å². The van der Waals surface area contributed by atoms with Gasteiger partial charge in [-0.25, -0.2) is 0 Å². The Balaban J connectivity index is 4.49. The van der Waals surface area contributed by atoms with Gasteiger partial charge in [-0.3, -0.25) is 14.4 Å². The minimum atomic E-state index is -0.805. The minimum absolute atomic E-state index is 0.104. The first-order valence-corrected chi connectivity index (χ1v) is 24.5. The van der Waals surface area contributed by atoms with Gasteiger partial charge in [-0.1, -0.05) is 207 Å². The third-order valence-corrected chi connectivity index (χ3v) is 9.92. The van der Waals surface area contributed by atoms with Crippen molar-refractivity contribution < 1.29 is 28.6 Å². The van der Waals surface area contributed by atoms with Gasteiger partial charge in [-0.15, -0.1) is 0 Å². The van der Waals surface area contributed by atoms with E-state index in [2.05, 4.69) is 106 Å². The molecule has 0 aliphatic carbocycles. The summed E-state index contributed by atoms with van der Waals surface area (Å²) in [4.78, 5) is 37.9. The van der Waals surface area contributed by atoms with Gasteiger partial charge in [0.2, 0.25) is 0 Å². The van der Waals surface area contributed by atoms with E-state index >= 15 is 0 Å². The van der Waals surface area contributed by atoms with E-state index in [1.807, 2.05) is 24.3 Å². The molecule has 0 amide bonds. The Kier molecular flexibility index (Phi) is 45.6. The number of esters is 3. The summed E-state index contributed by atoms with van der Waals surface area (Å²) in [5.41, 5.74) is 0. The Morgan fingerprint density at radius 1 is 0.344 bits per heavy atom. The maximum Gasteiger partial charge on any atom is 0.306 e. The molecule has 0 aromatic heterocycles. The molecular weight excluding hydrogens is 757 g/mol.